The molecule has 0 spiro atoms. The molecule has 1 atom stereocenters. The lowest BCUT2D eigenvalue weighted by Crippen LogP contribution is -2.33. The van der Waals surface area contributed by atoms with Crippen molar-refractivity contribution in [3.05, 3.63) is 95.6 Å². The molecule has 1 heteroatoms. The van der Waals surface area contributed by atoms with Crippen molar-refractivity contribution in [1.82, 2.24) is 0 Å². The van der Waals surface area contributed by atoms with Gasteiger partial charge in [0.25, 0.3) is 0 Å². The van der Waals surface area contributed by atoms with Gasteiger partial charge in [0.15, 0.2) is 5.78 Å². The largest absolute Gasteiger partial charge is 0.290 e. The zero-order valence-corrected chi connectivity index (χ0v) is 15.5. The Bertz CT molecular complexity index is 808. The summed E-state index contributed by atoms with van der Waals surface area (Å²) in [7, 11) is 0. The molecule has 0 aliphatic heterocycles. The van der Waals surface area contributed by atoms with Crippen LogP contribution in [0.5, 0.6) is 0 Å². The number of hydrogen-bond donors (Lipinski definition) is 0. The molecule has 0 N–H and O–H groups in total. The highest BCUT2D eigenvalue weighted by Gasteiger charge is 2.36. The monoisotopic (exact) mass is 330 g/mol. The summed E-state index contributed by atoms with van der Waals surface area (Å²) < 4.78 is 0. The van der Waals surface area contributed by atoms with Crippen LogP contribution >= 0.6 is 0 Å². The van der Waals surface area contributed by atoms with E-state index in [0.717, 1.165) is 5.57 Å². The standard InChI is InChI=1S/C24H26O/c1-23(2,18-11-7-5-8-12-18)20-15-16-22(25)21(17-20)24(3,4)19-13-9-6-10-14-19/h5-17,20H,1-4H3. The third-order valence-corrected chi connectivity index (χ3v) is 5.59. The highest BCUT2D eigenvalue weighted by atomic mass is 16.1. The third-order valence-electron chi connectivity index (χ3n) is 5.59. The van der Waals surface area contributed by atoms with Gasteiger partial charge in [0.1, 0.15) is 0 Å². The average Bonchev–Trinajstić information content (AvgIpc) is 2.63. The van der Waals surface area contributed by atoms with Crippen molar-refractivity contribution in [2.24, 2.45) is 5.92 Å². The van der Waals surface area contributed by atoms with Crippen molar-refractivity contribution < 1.29 is 4.79 Å². The minimum atomic E-state index is -0.311. The summed E-state index contributed by atoms with van der Waals surface area (Å²) in [6.07, 6.45) is 6.00. The number of carbonyl (C=O) groups excluding carboxylic acids is 1. The van der Waals surface area contributed by atoms with E-state index in [9.17, 15) is 4.79 Å². The van der Waals surface area contributed by atoms with Gasteiger partial charge in [-0.3, -0.25) is 4.79 Å². The van der Waals surface area contributed by atoms with Gasteiger partial charge < -0.3 is 0 Å². The summed E-state index contributed by atoms with van der Waals surface area (Å²) in [5.41, 5.74) is 2.95. The SMILES string of the molecule is CC(C)(C1=CC(C(C)(C)c2ccccc2)C=CC1=O)c1ccccc1. The van der Waals surface area contributed by atoms with E-state index in [4.69, 9.17) is 0 Å². The minimum absolute atomic E-state index is 0.0729. The van der Waals surface area contributed by atoms with E-state index in [1.54, 1.807) is 6.08 Å². The summed E-state index contributed by atoms with van der Waals surface area (Å²) in [5, 5.41) is 0. The van der Waals surface area contributed by atoms with Gasteiger partial charge in [-0.25, -0.2) is 0 Å². The predicted octanol–water partition coefficient (Wildman–Crippen LogP) is 5.62. The van der Waals surface area contributed by atoms with Gasteiger partial charge in [0.2, 0.25) is 0 Å². The third kappa shape index (κ3) is 3.24. The summed E-state index contributed by atoms with van der Waals surface area (Å²) in [6.45, 7) is 8.77. The Morgan fingerprint density at radius 3 is 1.84 bits per heavy atom. The Kier molecular flexibility index (Phi) is 4.51. The number of benzene rings is 2. The molecule has 25 heavy (non-hydrogen) atoms. The van der Waals surface area contributed by atoms with Crippen molar-refractivity contribution in [2.75, 3.05) is 0 Å². The molecule has 0 saturated carbocycles. The summed E-state index contributed by atoms with van der Waals surface area (Å²) >= 11 is 0. The first-order chi connectivity index (χ1) is 11.8. The second-order valence-electron chi connectivity index (χ2n) is 7.91. The molecule has 1 unspecified atom stereocenters. The van der Waals surface area contributed by atoms with Crippen LogP contribution < -0.4 is 0 Å². The molecule has 1 nitrogen and oxygen atoms in total. The Balaban J connectivity index is 2.02. The van der Waals surface area contributed by atoms with Gasteiger partial charge >= 0.3 is 0 Å². The van der Waals surface area contributed by atoms with Crippen LogP contribution in [0.3, 0.4) is 0 Å². The van der Waals surface area contributed by atoms with Gasteiger partial charge in [-0.05, 0) is 22.6 Å². The van der Waals surface area contributed by atoms with Gasteiger partial charge in [-0.15, -0.1) is 0 Å². The highest BCUT2D eigenvalue weighted by molar-refractivity contribution is 6.06. The second kappa shape index (κ2) is 6.48. The molecule has 2 aromatic carbocycles. The lowest BCUT2D eigenvalue weighted by atomic mass is 9.67. The molecule has 0 heterocycles. The quantitative estimate of drug-likeness (QED) is 0.710. The average molecular weight is 330 g/mol. The maximum absolute atomic E-state index is 12.7. The lowest BCUT2D eigenvalue weighted by Gasteiger charge is -2.36. The first-order valence-electron chi connectivity index (χ1n) is 8.89. The summed E-state index contributed by atoms with van der Waals surface area (Å²) in [5.74, 6) is 0.305. The minimum Gasteiger partial charge on any atom is -0.290 e. The molecule has 0 saturated heterocycles. The van der Waals surface area contributed by atoms with Crippen molar-refractivity contribution >= 4 is 5.78 Å². The fourth-order valence-corrected chi connectivity index (χ4v) is 3.63. The van der Waals surface area contributed by atoms with Gasteiger partial charge in [-0.2, -0.15) is 0 Å². The molecule has 0 radical (unpaired) electrons. The fourth-order valence-electron chi connectivity index (χ4n) is 3.63. The zero-order valence-electron chi connectivity index (χ0n) is 15.5. The zero-order chi connectivity index (χ0) is 18.1. The van der Waals surface area contributed by atoms with E-state index in [1.807, 2.05) is 24.3 Å². The molecule has 128 valence electrons. The number of allylic oxidation sites excluding steroid dienone is 4. The van der Waals surface area contributed by atoms with E-state index in [1.165, 1.54) is 11.1 Å². The van der Waals surface area contributed by atoms with E-state index >= 15 is 0 Å². The normalized spacial score (nSPS) is 18.2. The van der Waals surface area contributed by atoms with Gasteiger partial charge in [0.05, 0.1) is 0 Å². The van der Waals surface area contributed by atoms with Crippen LogP contribution in [0.15, 0.2) is 84.5 Å². The van der Waals surface area contributed by atoms with Crippen LogP contribution in [-0.2, 0) is 15.6 Å². The topological polar surface area (TPSA) is 17.1 Å². The first kappa shape index (κ1) is 17.4. The molecule has 1 aliphatic carbocycles. The van der Waals surface area contributed by atoms with Crippen molar-refractivity contribution in [3.63, 3.8) is 0 Å². The number of rotatable bonds is 4. The molecule has 3 rings (SSSR count). The van der Waals surface area contributed by atoms with Crippen LogP contribution in [0.1, 0.15) is 38.8 Å². The second-order valence-corrected chi connectivity index (χ2v) is 7.91. The van der Waals surface area contributed by atoms with Crippen LogP contribution in [-0.4, -0.2) is 5.78 Å². The van der Waals surface area contributed by atoms with Crippen molar-refractivity contribution in [3.8, 4) is 0 Å². The van der Waals surface area contributed by atoms with E-state index in [-0.39, 0.29) is 22.5 Å². The van der Waals surface area contributed by atoms with Crippen LogP contribution in [0, 0.1) is 5.92 Å². The molecular formula is C24H26O. The summed E-state index contributed by atoms with van der Waals surface area (Å²) in [4.78, 5) is 12.7. The number of hydrogen-bond acceptors (Lipinski definition) is 1. The first-order valence-corrected chi connectivity index (χ1v) is 8.89. The summed E-state index contributed by atoms with van der Waals surface area (Å²) in [6, 6.07) is 20.8. The molecule has 0 bridgehead atoms. The van der Waals surface area contributed by atoms with Crippen molar-refractivity contribution in [2.45, 2.75) is 38.5 Å². The Hall–Kier alpha value is -2.41. The van der Waals surface area contributed by atoms with Crippen LogP contribution in [0.4, 0.5) is 0 Å². The highest BCUT2D eigenvalue weighted by Crippen LogP contribution is 2.40. The maximum atomic E-state index is 12.7. The van der Waals surface area contributed by atoms with E-state index < -0.39 is 0 Å². The van der Waals surface area contributed by atoms with Gasteiger partial charge in [0, 0.05) is 16.9 Å². The fraction of sp³-hybridized carbons (Fsp3) is 0.292. The Morgan fingerprint density at radius 1 is 0.760 bits per heavy atom. The van der Waals surface area contributed by atoms with Gasteiger partial charge in [-0.1, -0.05) is 101 Å². The number of carbonyl (C=O) groups is 1. The van der Waals surface area contributed by atoms with E-state index in [0.29, 0.717) is 0 Å². The van der Waals surface area contributed by atoms with Crippen LogP contribution in [0.25, 0.3) is 0 Å². The predicted molar refractivity (Wildman–Crippen MR) is 105 cm³/mol. The molecule has 0 amide bonds. The molecule has 1 aliphatic rings. The van der Waals surface area contributed by atoms with Crippen molar-refractivity contribution in [1.29, 1.82) is 0 Å². The molecule has 0 aromatic heterocycles. The lowest BCUT2D eigenvalue weighted by molar-refractivity contribution is -0.112. The van der Waals surface area contributed by atoms with E-state index in [2.05, 4.69) is 76.2 Å². The maximum Gasteiger partial charge on any atom is 0.182 e. The Labute approximate surface area is 151 Å². The number of ketones is 1. The molecule has 0 fully saturated rings. The molecular weight excluding hydrogens is 304 g/mol. The van der Waals surface area contributed by atoms with Crippen LogP contribution in [0.2, 0.25) is 0 Å². The smallest absolute Gasteiger partial charge is 0.182 e. The molecule has 2 aromatic rings. The Morgan fingerprint density at radius 2 is 1.28 bits per heavy atom.